The summed E-state index contributed by atoms with van der Waals surface area (Å²) in [4.78, 5) is 3.06. The fourth-order valence-electron chi connectivity index (χ4n) is 3.80. The van der Waals surface area contributed by atoms with E-state index in [1.807, 2.05) is 29.3 Å². The molecule has 2 N–H and O–H groups in total. The molecule has 3 heterocycles. The van der Waals surface area contributed by atoms with Crippen molar-refractivity contribution in [3.63, 3.8) is 0 Å². The molecule has 0 aliphatic heterocycles. The topological polar surface area (TPSA) is 103 Å². The van der Waals surface area contributed by atoms with Crippen molar-refractivity contribution in [2.75, 3.05) is 6.61 Å². The van der Waals surface area contributed by atoms with Gasteiger partial charge >= 0.3 is 0 Å². The minimum absolute atomic E-state index is 0.0307. The predicted molar refractivity (Wildman–Crippen MR) is 87.7 cm³/mol. The molecule has 4 rings (SSSR count). The molecule has 0 radical (unpaired) electrons. The van der Waals surface area contributed by atoms with Gasteiger partial charge in [-0.15, -0.1) is 5.10 Å². The molecule has 0 saturated heterocycles. The van der Waals surface area contributed by atoms with E-state index in [0.717, 1.165) is 41.4 Å². The van der Waals surface area contributed by atoms with E-state index in [1.165, 1.54) is 0 Å². The SMILES string of the molecule is N#CC1CCC(CCO)(n2cc(-c3cnnc4[nH]ccc34)cn2)C1. The molecule has 1 aliphatic rings. The van der Waals surface area contributed by atoms with E-state index in [0.29, 0.717) is 6.42 Å². The fraction of sp³-hybridized carbons (Fsp3) is 0.412. The molecule has 24 heavy (non-hydrogen) atoms. The summed E-state index contributed by atoms with van der Waals surface area (Å²) in [6.45, 7) is 0.0895. The summed E-state index contributed by atoms with van der Waals surface area (Å²) in [5, 5.41) is 32.4. The maximum atomic E-state index is 9.50. The van der Waals surface area contributed by atoms with E-state index in [2.05, 4.69) is 26.3 Å². The van der Waals surface area contributed by atoms with Crippen molar-refractivity contribution in [3.8, 4) is 17.2 Å². The van der Waals surface area contributed by atoms with Crippen molar-refractivity contribution in [1.82, 2.24) is 25.0 Å². The van der Waals surface area contributed by atoms with Gasteiger partial charge in [-0.2, -0.15) is 15.5 Å². The minimum Gasteiger partial charge on any atom is -0.396 e. The van der Waals surface area contributed by atoms with Gasteiger partial charge in [-0.05, 0) is 31.7 Å². The second kappa shape index (κ2) is 5.73. The van der Waals surface area contributed by atoms with Crippen molar-refractivity contribution in [1.29, 1.82) is 5.26 Å². The molecule has 1 fully saturated rings. The quantitative estimate of drug-likeness (QED) is 0.766. The van der Waals surface area contributed by atoms with Crippen molar-refractivity contribution in [2.45, 2.75) is 31.2 Å². The fourth-order valence-corrected chi connectivity index (χ4v) is 3.80. The molecule has 7 nitrogen and oxygen atoms in total. The smallest absolute Gasteiger partial charge is 0.160 e. The molecule has 2 unspecified atom stereocenters. The summed E-state index contributed by atoms with van der Waals surface area (Å²) in [5.41, 5.74) is 2.41. The highest BCUT2D eigenvalue weighted by Gasteiger charge is 2.41. The number of aromatic nitrogens is 5. The number of nitrogens with zero attached hydrogens (tertiary/aromatic N) is 5. The highest BCUT2D eigenvalue weighted by molar-refractivity contribution is 5.91. The van der Waals surface area contributed by atoms with Crippen molar-refractivity contribution < 1.29 is 5.11 Å². The molecule has 3 aromatic heterocycles. The zero-order valence-corrected chi connectivity index (χ0v) is 13.2. The number of hydrogen-bond donors (Lipinski definition) is 2. The highest BCUT2D eigenvalue weighted by atomic mass is 16.3. The molecule has 1 saturated carbocycles. The Balaban J connectivity index is 1.74. The standard InChI is InChI=1S/C17H18N6O/c18-8-12-1-3-17(7-12,4-6-24)23-11-13(9-21-23)15-10-20-22-16-14(15)2-5-19-16/h2,5,9-12,24H,1,3-4,6-7H2,(H,19,22). The number of fused-ring (bicyclic) bond motifs is 1. The average Bonchev–Trinajstić information content (AvgIpc) is 3.33. The van der Waals surface area contributed by atoms with Crippen LogP contribution in [0.3, 0.4) is 0 Å². The minimum atomic E-state index is -0.273. The summed E-state index contributed by atoms with van der Waals surface area (Å²) in [5.74, 6) is 0.0307. The van der Waals surface area contributed by atoms with Gasteiger partial charge in [0.05, 0.1) is 24.0 Å². The van der Waals surface area contributed by atoms with Gasteiger partial charge in [-0.3, -0.25) is 4.68 Å². The molecular formula is C17H18N6O. The number of rotatable bonds is 4. The Bertz CT molecular complexity index is 907. The maximum Gasteiger partial charge on any atom is 0.160 e. The van der Waals surface area contributed by atoms with Gasteiger partial charge in [0.2, 0.25) is 0 Å². The van der Waals surface area contributed by atoms with E-state index >= 15 is 0 Å². The third-order valence-electron chi connectivity index (χ3n) is 5.08. The van der Waals surface area contributed by atoms with Crippen LogP contribution in [0, 0.1) is 17.2 Å². The molecule has 0 spiro atoms. The number of nitriles is 1. The summed E-state index contributed by atoms with van der Waals surface area (Å²) in [7, 11) is 0. The van der Waals surface area contributed by atoms with Gasteiger partial charge in [-0.1, -0.05) is 0 Å². The molecule has 0 amide bonds. The number of H-pyrrole nitrogens is 1. The first-order valence-electron chi connectivity index (χ1n) is 8.10. The normalized spacial score (nSPS) is 23.6. The Morgan fingerprint density at radius 2 is 2.38 bits per heavy atom. The lowest BCUT2D eigenvalue weighted by Gasteiger charge is -2.29. The van der Waals surface area contributed by atoms with E-state index in [-0.39, 0.29) is 18.1 Å². The lowest BCUT2D eigenvalue weighted by atomic mass is 9.92. The van der Waals surface area contributed by atoms with Crippen LogP contribution in [-0.4, -0.2) is 36.7 Å². The number of aromatic amines is 1. The van der Waals surface area contributed by atoms with Crippen LogP contribution in [0.15, 0.2) is 30.9 Å². The van der Waals surface area contributed by atoms with Gasteiger partial charge in [0.15, 0.2) is 5.65 Å². The van der Waals surface area contributed by atoms with E-state index in [9.17, 15) is 10.4 Å². The van der Waals surface area contributed by atoms with Crippen LogP contribution in [0.5, 0.6) is 0 Å². The number of hydrogen-bond acceptors (Lipinski definition) is 5. The van der Waals surface area contributed by atoms with E-state index in [1.54, 1.807) is 6.20 Å². The van der Waals surface area contributed by atoms with Crippen molar-refractivity contribution in [3.05, 3.63) is 30.9 Å². The lowest BCUT2D eigenvalue weighted by Crippen LogP contribution is -2.32. The predicted octanol–water partition coefficient (Wildman–Crippen LogP) is 2.22. The second-order valence-electron chi connectivity index (χ2n) is 6.44. The Hall–Kier alpha value is -2.72. The average molecular weight is 322 g/mol. The molecular weight excluding hydrogens is 304 g/mol. The van der Waals surface area contributed by atoms with Crippen LogP contribution in [0.25, 0.3) is 22.2 Å². The van der Waals surface area contributed by atoms with Gasteiger partial charge in [0, 0.05) is 41.4 Å². The van der Waals surface area contributed by atoms with Crippen molar-refractivity contribution >= 4 is 11.0 Å². The van der Waals surface area contributed by atoms with Gasteiger partial charge in [-0.25, -0.2) is 0 Å². The monoisotopic (exact) mass is 322 g/mol. The summed E-state index contributed by atoms with van der Waals surface area (Å²) >= 11 is 0. The first-order chi connectivity index (χ1) is 11.8. The first-order valence-corrected chi connectivity index (χ1v) is 8.10. The maximum absolute atomic E-state index is 9.50. The third kappa shape index (κ3) is 2.27. The molecule has 1 aliphatic carbocycles. The molecule has 2 atom stereocenters. The Morgan fingerprint density at radius 1 is 1.46 bits per heavy atom. The van der Waals surface area contributed by atoms with Crippen LogP contribution in [0.1, 0.15) is 25.7 Å². The molecule has 7 heteroatoms. The summed E-state index contributed by atoms with van der Waals surface area (Å²) in [6.07, 6.45) is 10.5. The summed E-state index contributed by atoms with van der Waals surface area (Å²) in [6, 6.07) is 4.33. The van der Waals surface area contributed by atoms with Crippen molar-refractivity contribution in [2.24, 2.45) is 5.92 Å². The van der Waals surface area contributed by atoms with E-state index < -0.39 is 0 Å². The summed E-state index contributed by atoms with van der Waals surface area (Å²) < 4.78 is 1.94. The molecule has 122 valence electrons. The first kappa shape index (κ1) is 14.8. The van der Waals surface area contributed by atoms with Crippen LogP contribution >= 0.6 is 0 Å². The van der Waals surface area contributed by atoms with Crippen LogP contribution in [0.4, 0.5) is 0 Å². The zero-order valence-electron chi connectivity index (χ0n) is 13.2. The Kier molecular flexibility index (Phi) is 3.54. The molecule has 0 bridgehead atoms. The van der Waals surface area contributed by atoms with Crippen LogP contribution in [-0.2, 0) is 5.54 Å². The zero-order chi connectivity index (χ0) is 16.6. The number of aliphatic hydroxyl groups is 1. The van der Waals surface area contributed by atoms with Gasteiger partial charge in [0.25, 0.3) is 0 Å². The largest absolute Gasteiger partial charge is 0.396 e. The second-order valence-corrected chi connectivity index (χ2v) is 6.44. The van der Waals surface area contributed by atoms with E-state index in [4.69, 9.17) is 0 Å². The Labute approximate surface area is 138 Å². The van der Waals surface area contributed by atoms with Crippen LogP contribution in [0.2, 0.25) is 0 Å². The third-order valence-corrected chi connectivity index (χ3v) is 5.08. The number of aliphatic hydroxyl groups excluding tert-OH is 1. The number of nitrogens with one attached hydrogen (secondary N) is 1. The molecule has 3 aromatic rings. The highest BCUT2D eigenvalue weighted by Crippen LogP contribution is 2.43. The Morgan fingerprint density at radius 3 is 3.17 bits per heavy atom. The molecule has 0 aromatic carbocycles. The van der Waals surface area contributed by atoms with Crippen LogP contribution < -0.4 is 0 Å². The van der Waals surface area contributed by atoms with Gasteiger partial charge < -0.3 is 10.1 Å². The van der Waals surface area contributed by atoms with Gasteiger partial charge in [0.1, 0.15) is 0 Å². The lowest BCUT2D eigenvalue weighted by molar-refractivity contribution is 0.171.